The number of carbonyl (C=O) groups is 1. The van der Waals surface area contributed by atoms with Gasteiger partial charge in [-0.25, -0.2) is 8.78 Å². The summed E-state index contributed by atoms with van der Waals surface area (Å²) in [6.45, 7) is 3.55. The number of aromatic nitrogens is 1. The van der Waals surface area contributed by atoms with Gasteiger partial charge >= 0.3 is 0 Å². The van der Waals surface area contributed by atoms with Crippen LogP contribution in [0.15, 0.2) is 41.5 Å². The van der Waals surface area contributed by atoms with Gasteiger partial charge in [0.25, 0.3) is 5.91 Å². The van der Waals surface area contributed by atoms with Crippen LogP contribution in [-0.2, 0) is 0 Å². The first kappa shape index (κ1) is 19.4. The third-order valence-corrected chi connectivity index (χ3v) is 4.43. The lowest BCUT2D eigenvalue weighted by atomic mass is 9.96. The summed E-state index contributed by atoms with van der Waals surface area (Å²) < 4.78 is 34.3. The Balaban J connectivity index is 2.30. The molecule has 0 aliphatic rings. The Morgan fingerprint density at radius 1 is 1.25 bits per heavy atom. The fourth-order valence-corrected chi connectivity index (χ4v) is 2.99. The molecule has 5 nitrogen and oxygen atoms in total. The highest BCUT2D eigenvalue weighted by Crippen LogP contribution is 2.36. The molecule has 0 atom stereocenters. The first-order valence-electron chi connectivity index (χ1n) is 8.66. The Hall–Kier alpha value is -3.35. The number of hydrogen-bond acceptors (Lipinski definition) is 3. The van der Waals surface area contributed by atoms with E-state index >= 15 is 0 Å². The molecule has 0 saturated heterocycles. The van der Waals surface area contributed by atoms with Crippen molar-refractivity contribution in [3.05, 3.63) is 59.3 Å². The number of aryl methyl sites for hydroxylation is 1. The molecular weight excluding hydrogens is 364 g/mol. The Kier molecular flexibility index (Phi) is 5.35. The number of ether oxygens (including phenoxy) is 1. The number of rotatable bonds is 4. The van der Waals surface area contributed by atoms with Gasteiger partial charge in [0.2, 0.25) is 0 Å². The van der Waals surface area contributed by atoms with E-state index in [1.54, 1.807) is 19.9 Å². The zero-order valence-corrected chi connectivity index (χ0v) is 15.7. The van der Waals surface area contributed by atoms with E-state index in [4.69, 9.17) is 10.5 Å². The van der Waals surface area contributed by atoms with Crippen molar-refractivity contribution in [2.24, 2.45) is 10.7 Å². The second-order valence-corrected chi connectivity index (χ2v) is 6.25. The quantitative estimate of drug-likeness (QED) is 0.535. The van der Waals surface area contributed by atoms with Gasteiger partial charge in [0, 0.05) is 23.6 Å². The van der Waals surface area contributed by atoms with Gasteiger partial charge in [-0.2, -0.15) is 4.99 Å². The molecule has 3 rings (SSSR count). The van der Waals surface area contributed by atoms with Crippen molar-refractivity contribution in [2.75, 3.05) is 7.11 Å². The van der Waals surface area contributed by atoms with Crippen molar-refractivity contribution in [1.82, 2.24) is 4.98 Å². The van der Waals surface area contributed by atoms with Crippen LogP contribution in [0.2, 0.25) is 0 Å². The topological polar surface area (TPSA) is 77.6 Å². The third kappa shape index (κ3) is 3.43. The fourth-order valence-electron chi connectivity index (χ4n) is 2.99. The maximum absolute atomic E-state index is 14.8. The maximum Gasteiger partial charge on any atom is 0.278 e. The molecule has 0 aliphatic carbocycles. The summed E-state index contributed by atoms with van der Waals surface area (Å²) in [5, 5.41) is 0.433. The van der Waals surface area contributed by atoms with Gasteiger partial charge in [-0.15, -0.1) is 0 Å². The van der Waals surface area contributed by atoms with E-state index < -0.39 is 17.5 Å². The molecule has 0 fully saturated rings. The van der Waals surface area contributed by atoms with Crippen molar-refractivity contribution in [2.45, 2.75) is 20.3 Å². The smallest absolute Gasteiger partial charge is 0.278 e. The second-order valence-electron chi connectivity index (χ2n) is 6.25. The second kappa shape index (κ2) is 7.72. The summed E-state index contributed by atoms with van der Waals surface area (Å²) in [6, 6.07) is 7.02. The Morgan fingerprint density at radius 2 is 2.00 bits per heavy atom. The summed E-state index contributed by atoms with van der Waals surface area (Å²) >= 11 is 0. The first-order chi connectivity index (χ1) is 13.4. The summed E-state index contributed by atoms with van der Waals surface area (Å²) in [6.07, 6.45) is 1.91. The van der Waals surface area contributed by atoms with Gasteiger partial charge in [-0.05, 0) is 48.4 Å². The van der Waals surface area contributed by atoms with Crippen LogP contribution < -0.4 is 10.5 Å². The van der Waals surface area contributed by atoms with Gasteiger partial charge in [-0.3, -0.25) is 9.78 Å². The highest BCUT2D eigenvalue weighted by molar-refractivity contribution is 6.07. The molecule has 0 saturated carbocycles. The van der Waals surface area contributed by atoms with Crippen molar-refractivity contribution in [3.8, 4) is 16.9 Å². The van der Waals surface area contributed by atoms with Crippen LogP contribution in [0.4, 0.5) is 8.78 Å². The zero-order chi connectivity index (χ0) is 20.4. The van der Waals surface area contributed by atoms with E-state index in [1.165, 1.54) is 31.5 Å². The summed E-state index contributed by atoms with van der Waals surface area (Å²) in [4.78, 5) is 20.6. The third-order valence-electron chi connectivity index (χ3n) is 4.43. The molecule has 1 heterocycles. The average Bonchev–Trinajstić information content (AvgIpc) is 2.68. The van der Waals surface area contributed by atoms with Gasteiger partial charge in [-0.1, -0.05) is 6.92 Å². The Morgan fingerprint density at radius 3 is 2.68 bits per heavy atom. The Bertz CT molecular complexity index is 1110. The number of pyridine rings is 1. The largest absolute Gasteiger partial charge is 0.494 e. The van der Waals surface area contributed by atoms with Crippen LogP contribution in [0.1, 0.15) is 29.3 Å². The predicted molar refractivity (Wildman–Crippen MR) is 105 cm³/mol. The molecule has 144 valence electrons. The molecule has 28 heavy (non-hydrogen) atoms. The number of carbonyl (C=O) groups excluding carboxylic acids is 1. The van der Waals surface area contributed by atoms with E-state index in [1.807, 2.05) is 0 Å². The maximum atomic E-state index is 14.8. The number of amides is 1. The van der Waals surface area contributed by atoms with Crippen LogP contribution in [0, 0.1) is 18.6 Å². The summed E-state index contributed by atoms with van der Waals surface area (Å²) in [5.74, 6) is -1.96. The molecule has 2 aromatic carbocycles. The molecule has 2 N–H and O–H groups in total. The molecule has 0 radical (unpaired) electrons. The van der Waals surface area contributed by atoms with Crippen molar-refractivity contribution in [1.29, 1.82) is 0 Å². The van der Waals surface area contributed by atoms with Crippen LogP contribution in [0.3, 0.4) is 0 Å². The number of aliphatic imine (C=N–C) groups is 1. The van der Waals surface area contributed by atoms with Gasteiger partial charge in [0.15, 0.2) is 11.6 Å². The number of fused-ring (bicyclic) bond motifs is 1. The van der Waals surface area contributed by atoms with Crippen molar-refractivity contribution < 1.29 is 18.3 Å². The zero-order valence-electron chi connectivity index (χ0n) is 15.7. The molecule has 1 aromatic heterocycles. The highest BCUT2D eigenvalue weighted by atomic mass is 19.1. The lowest BCUT2D eigenvalue weighted by Crippen LogP contribution is -2.13. The molecular formula is C21H19F2N3O2. The molecule has 3 aromatic rings. The minimum atomic E-state index is -0.822. The van der Waals surface area contributed by atoms with Crippen LogP contribution in [-0.4, -0.2) is 23.8 Å². The number of halogens is 2. The van der Waals surface area contributed by atoms with Crippen LogP contribution >= 0.6 is 0 Å². The monoisotopic (exact) mass is 383 g/mol. The molecule has 0 unspecified atom stereocenters. The molecule has 0 aliphatic heterocycles. The number of hydrogen-bond donors (Lipinski definition) is 1. The number of amidine groups is 1. The van der Waals surface area contributed by atoms with Crippen LogP contribution in [0.5, 0.6) is 5.75 Å². The fraction of sp³-hybridized carbons (Fsp3) is 0.190. The van der Waals surface area contributed by atoms with E-state index in [-0.39, 0.29) is 28.3 Å². The SMILES string of the molecule is CCC(N)=NC(=O)c1cc(C)c2nccc(-c3c(F)ccc(OC)c3F)c2c1. The normalized spacial score (nSPS) is 11.7. The summed E-state index contributed by atoms with van der Waals surface area (Å²) in [7, 11) is 1.31. The Labute approximate surface area is 160 Å². The van der Waals surface area contributed by atoms with Crippen molar-refractivity contribution in [3.63, 3.8) is 0 Å². The van der Waals surface area contributed by atoms with Gasteiger partial charge < -0.3 is 10.5 Å². The van der Waals surface area contributed by atoms with Crippen molar-refractivity contribution >= 4 is 22.6 Å². The van der Waals surface area contributed by atoms with E-state index in [0.29, 0.717) is 22.9 Å². The van der Waals surface area contributed by atoms with Crippen LogP contribution in [0.25, 0.3) is 22.0 Å². The first-order valence-corrected chi connectivity index (χ1v) is 8.66. The minimum Gasteiger partial charge on any atom is -0.494 e. The lowest BCUT2D eigenvalue weighted by Gasteiger charge is -2.13. The molecule has 1 amide bonds. The molecule has 7 heteroatoms. The van der Waals surface area contributed by atoms with E-state index in [0.717, 1.165) is 6.07 Å². The van der Waals surface area contributed by atoms with Gasteiger partial charge in [0.05, 0.1) is 18.2 Å². The average molecular weight is 383 g/mol. The van der Waals surface area contributed by atoms with E-state index in [9.17, 15) is 13.6 Å². The van der Waals surface area contributed by atoms with E-state index in [2.05, 4.69) is 9.98 Å². The standard InChI is InChI=1S/C21H19F2N3O2/c1-4-17(24)26-21(27)12-9-11(2)20-14(10-12)13(7-8-25-20)18-15(22)5-6-16(28-3)19(18)23/h5-10H,4H2,1-3H3,(H2,24,26,27). The highest BCUT2D eigenvalue weighted by Gasteiger charge is 2.20. The number of nitrogens with zero attached hydrogens (tertiary/aromatic N) is 2. The minimum absolute atomic E-state index is 0.0781. The van der Waals surface area contributed by atoms with Gasteiger partial charge in [0.1, 0.15) is 11.7 Å². The number of methoxy groups -OCH3 is 1. The number of nitrogens with two attached hydrogens (primary N) is 1. The lowest BCUT2D eigenvalue weighted by molar-refractivity contribution is 0.100. The molecule has 0 spiro atoms. The summed E-state index contributed by atoms with van der Waals surface area (Å²) in [5.41, 5.74) is 7.15. The predicted octanol–water partition coefficient (Wildman–Crippen LogP) is 4.40. The number of benzene rings is 2. The molecule has 0 bridgehead atoms.